The van der Waals surface area contributed by atoms with E-state index in [0.717, 1.165) is 5.54 Å². The van der Waals surface area contributed by atoms with Crippen LogP contribution in [0, 0.1) is 0 Å². The van der Waals surface area contributed by atoms with E-state index in [9.17, 15) is 0 Å². The molecule has 0 N–H and O–H groups in total. The summed E-state index contributed by atoms with van der Waals surface area (Å²) >= 11 is 0. The minimum atomic E-state index is -0.965. The predicted octanol–water partition coefficient (Wildman–Crippen LogP) is 5.24. The lowest BCUT2D eigenvalue weighted by molar-refractivity contribution is 0.778. The lowest BCUT2D eigenvalue weighted by Gasteiger charge is -2.25. The van der Waals surface area contributed by atoms with Gasteiger partial charge in [-0.2, -0.15) is 0 Å². The summed E-state index contributed by atoms with van der Waals surface area (Å²) in [7, 11) is -0.965. The second-order valence-electron chi connectivity index (χ2n) is 5.50. The molecular weight excluding hydrogens is 184 g/mol. The maximum absolute atomic E-state index is 2.56. The summed E-state index contributed by atoms with van der Waals surface area (Å²) in [6.45, 7) is 14.3. The largest absolute Gasteiger partial charge is 0.0852 e. The Labute approximate surface area is 91.8 Å². The van der Waals surface area contributed by atoms with E-state index >= 15 is 0 Å². The van der Waals surface area contributed by atoms with Crippen LogP contribution in [0.5, 0.6) is 0 Å². The van der Waals surface area contributed by atoms with Crippen LogP contribution in [0.3, 0.4) is 0 Å². The molecule has 1 heteroatoms. The molecule has 0 fully saturated rings. The van der Waals surface area contributed by atoms with E-state index in [2.05, 4.69) is 46.5 Å². The lowest BCUT2D eigenvalue weighted by atomic mass is 10.1. The van der Waals surface area contributed by atoms with Crippen molar-refractivity contribution < 1.29 is 0 Å². The van der Waals surface area contributed by atoms with E-state index in [0.29, 0.717) is 0 Å². The molecule has 0 aliphatic heterocycles. The molecule has 1 atom stereocenters. The van der Waals surface area contributed by atoms with E-state index in [1.165, 1.54) is 25.7 Å². The van der Waals surface area contributed by atoms with E-state index in [-0.39, 0.29) is 0 Å². The van der Waals surface area contributed by atoms with Gasteiger partial charge in [-0.15, -0.1) is 0 Å². The molecule has 0 aliphatic rings. The topological polar surface area (TPSA) is 0 Å². The fourth-order valence-corrected chi connectivity index (χ4v) is 3.87. The molecule has 0 aromatic carbocycles. The first-order valence-electron chi connectivity index (χ1n) is 6.09. The quantitative estimate of drug-likeness (QED) is 0.417. The fourth-order valence-electron chi connectivity index (χ4n) is 1.86. The van der Waals surface area contributed by atoms with Crippen LogP contribution in [0.15, 0.2) is 11.6 Å². The zero-order valence-corrected chi connectivity index (χ0v) is 12.0. The highest BCUT2D eigenvalue weighted by molar-refractivity contribution is 6.78. The third-order valence-electron chi connectivity index (χ3n) is 2.96. The Bertz CT molecular complexity index is 174. The van der Waals surface area contributed by atoms with Gasteiger partial charge >= 0.3 is 0 Å². The van der Waals surface area contributed by atoms with Crippen molar-refractivity contribution in [1.82, 2.24) is 0 Å². The van der Waals surface area contributed by atoms with Crippen molar-refractivity contribution in [3.8, 4) is 0 Å². The van der Waals surface area contributed by atoms with E-state index in [4.69, 9.17) is 0 Å². The second-order valence-corrected chi connectivity index (χ2v) is 11.0. The summed E-state index contributed by atoms with van der Waals surface area (Å²) < 4.78 is 0. The van der Waals surface area contributed by atoms with Crippen molar-refractivity contribution in [2.24, 2.45) is 0 Å². The van der Waals surface area contributed by atoms with E-state index in [1.54, 1.807) is 5.57 Å². The Morgan fingerprint density at radius 1 is 1.21 bits per heavy atom. The summed E-state index contributed by atoms with van der Waals surface area (Å²) in [6.07, 6.45) is 7.85. The number of allylic oxidation sites excluding steroid dienone is 2. The molecule has 0 bridgehead atoms. The minimum Gasteiger partial charge on any atom is -0.0852 e. The molecule has 0 rings (SSSR count). The highest BCUT2D eigenvalue weighted by Crippen LogP contribution is 2.28. The van der Waals surface area contributed by atoms with Crippen LogP contribution in [0.4, 0.5) is 0 Å². The second kappa shape index (κ2) is 6.44. The summed E-state index contributed by atoms with van der Waals surface area (Å²) in [5, 5.41) is 0. The summed E-state index contributed by atoms with van der Waals surface area (Å²) in [5.41, 5.74) is 2.49. The standard InChI is InChI=1S/C13H28Si/c1-7-9-10-12(3)11-13(8-2)14(4,5)6/h11,13H,7-10H2,1-6H3/b12-11+/t13-/m0/s1. The molecule has 0 aliphatic carbocycles. The molecule has 0 saturated heterocycles. The first kappa shape index (κ1) is 14.0. The molecular formula is C13H28Si. The average Bonchev–Trinajstić information content (AvgIpc) is 2.08. The van der Waals surface area contributed by atoms with Crippen LogP contribution in [-0.4, -0.2) is 8.07 Å². The number of rotatable bonds is 6. The van der Waals surface area contributed by atoms with Crippen LogP contribution >= 0.6 is 0 Å². The van der Waals surface area contributed by atoms with Crippen LogP contribution < -0.4 is 0 Å². The van der Waals surface area contributed by atoms with Crippen LogP contribution in [0.2, 0.25) is 25.2 Å². The maximum Gasteiger partial charge on any atom is 0.0513 e. The zero-order chi connectivity index (χ0) is 11.2. The van der Waals surface area contributed by atoms with Gasteiger partial charge in [-0.05, 0) is 25.3 Å². The fraction of sp³-hybridized carbons (Fsp3) is 0.846. The van der Waals surface area contributed by atoms with Crippen molar-refractivity contribution in [1.29, 1.82) is 0 Å². The first-order valence-corrected chi connectivity index (χ1v) is 9.66. The maximum atomic E-state index is 2.56. The Morgan fingerprint density at radius 2 is 1.79 bits per heavy atom. The Morgan fingerprint density at radius 3 is 2.14 bits per heavy atom. The molecule has 0 aromatic rings. The van der Waals surface area contributed by atoms with Crippen molar-refractivity contribution in [3.05, 3.63) is 11.6 Å². The summed E-state index contributed by atoms with van der Waals surface area (Å²) in [4.78, 5) is 0. The molecule has 0 amide bonds. The van der Waals surface area contributed by atoms with Gasteiger partial charge in [0, 0.05) is 0 Å². The molecule has 0 spiro atoms. The monoisotopic (exact) mass is 212 g/mol. The number of unbranched alkanes of at least 4 members (excludes halogenated alkanes) is 1. The summed E-state index contributed by atoms with van der Waals surface area (Å²) in [5.74, 6) is 0. The van der Waals surface area contributed by atoms with Gasteiger partial charge in [-0.1, -0.05) is 58.0 Å². The van der Waals surface area contributed by atoms with Gasteiger partial charge < -0.3 is 0 Å². The van der Waals surface area contributed by atoms with Gasteiger partial charge in [0.2, 0.25) is 0 Å². The number of hydrogen-bond donors (Lipinski definition) is 0. The van der Waals surface area contributed by atoms with Gasteiger partial charge in [0.25, 0.3) is 0 Å². The zero-order valence-electron chi connectivity index (χ0n) is 11.0. The molecule has 14 heavy (non-hydrogen) atoms. The molecule has 0 saturated carbocycles. The number of hydrogen-bond acceptors (Lipinski definition) is 0. The van der Waals surface area contributed by atoms with Crippen molar-refractivity contribution in [2.45, 2.75) is 71.6 Å². The van der Waals surface area contributed by atoms with Gasteiger partial charge in [0.05, 0.1) is 8.07 Å². The molecule has 0 heterocycles. The molecule has 0 aromatic heterocycles. The Kier molecular flexibility index (Phi) is 6.42. The van der Waals surface area contributed by atoms with Gasteiger partial charge in [0.1, 0.15) is 0 Å². The average molecular weight is 212 g/mol. The minimum absolute atomic E-state index is 0.874. The SMILES string of the molecule is CCCC/C(C)=C/[C@H](CC)[Si](C)(C)C. The van der Waals surface area contributed by atoms with Crippen LogP contribution in [0.25, 0.3) is 0 Å². The molecule has 0 radical (unpaired) electrons. The lowest BCUT2D eigenvalue weighted by Crippen LogP contribution is -2.26. The Hall–Kier alpha value is -0.0431. The molecule has 84 valence electrons. The van der Waals surface area contributed by atoms with Gasteiger partial charge in [-0.25, -0.2) is 0 Å². The smallest absolute Gasteiger partial charge is 0.0513 e. The summed E-state index contributed by atoms with van der Waals surface area (Å²) in [6, 6.07) is 0. The van der Waals surface area contributed by atoms with Crippen molar-refractivity contribution in [2.75, 3.05) is 0 Å². The van der Waals surface area contributed by atoms with Gasteiger partial charge in [-0.3, -0.25) is 0 Å². The van der Waals surface area contributed by atoms with E-state index < -0.39 is 8.07 Å². The molecule has 0 nitrogen and oxygen atoms in total. The third kappa shape index (κ3) is 5.64. The highest BCUT2D eigenvalue weighted by atomic mass is 28.3. The van der Waals surface area contributed by atoms with Crippen LogP contribution in [-0.2, 0) is 0 Å². The van der Waals surface area contributed by atoms with Gasteiger partial charge in [0.15, 0.2) is 0 Å². The molecule has 0 unspecified atom stereocenters. The normalized spacial score (nSPS) is 15.7. The van der Waals surface area contributed by atoms with E-state index in [1.807, 2.05) is 0 Å². The Balaban J connectivity index is 4.27. The highest BCUT2D eigenvalue weighted by Gasteiger charge is 2.22. The third-order valence-corrected chi connectivity index (χ3v) is 5.76. The predicted molar refractivity (Wildman–Crippen MR) is 70.7 cm³/mol. The van der Waals surface area contributed by atoms with Crippen molar-refractivity contribution in [3.63, 3.8) is 0 Å². The first-order chi connectivity index (χ1) is 6.41. The van der Waals surface area contributed by atoms with Crippen molar-refractivity contribution >= 4 is 8.07 Å². The van der Waals surface area contributed by atoms with Crippen LogP contribution in [0.1, 0.15) is 46.5 Å².